The van der Waals surface area contributed by atoms with Crippen molar-refractivity contribution in [3.05, 3.63) is 12.3 Å². The van der Waals surface area contributed by atoms with Crippen molar-refractivity contribution < 1.29 is 13.2 Å². The molecular formula is C10H14N4O3S. The van der Waals surface area contributed by atoms with Gasteiger partial charge < -0.3 is 0 Å². The highest BCUT2D eigenvalue weighted by Gasteiger charge is 2.30. The second-order valence-electron chi connectivity index (χ2n) is 4.15. The van der Waals surface area contributed by atoms with E-state index in [0.717, 1.165) is 0 Å². The molecule has 1 aromatic rings. The van der Waals surface area contributed by atoms with Crippen LogP contribution >= 0.6 is 0 Å². The predicted octanol–water partition coefficient (Wildman–Crippen LogP) is -0.0910. The molecule has 0 saturated carbocycles. The van der Waals surface area contributed by atoms with Gasteiger partial charge in [-0.3, -0.25) is 4.68 Å². The summed E-state index contributed by atoms with van der Waals surface area (Å²) in [4.78, 5) is 13.8. The first-order chi connectivity index (χ1) is 8.55. The maximum absolute atomic E-state index is 12.3. The number of aliphatic imine (C=N–C) groups is 1. The molecule has 0 radical (unpaired) electrons. The lowest BCUT2D eigenvalue weighted by Gasteiger charge is -2.28. The Kier molecular flexibility index (Phi) is 3.60. The lowest BCUT2D eigenvalue weighted by molar-refractivity contribution is 0.318. The van der Waals surface area contributed by atoms with Crippen LogP contribution in [-0.4, -0.2) is 47.7 Å². The van der Waals surface area contributed by atoms with Gasteiger partial charge >= 0.3 is 0 Å². The van der Waals surface area contributed by atoms with Gasteiger partial charge in [0.05, 0.1) is 12.2 Å². The van der Waals surface area contributed by atoms with Crippen LogP contribution in [0.2, 0.25) is 0 Å². The third kappa shape index (κ3) is 2.35. The normalized spacial score (nSPS) is 18.5. The minimum absolute atomic E-state index is 0.111. The van der Waals surface area contributed by atoms with Crippen molar-refractivity contribution in [1.82, 2.24) is 14.1 Å². The minimum atomic E-state index is -3.49. The SMILES string of the molecule is Cn1nccc1S(=O)(=O)N1CCC(N=C=O)CC1. The van der Waals surface area contributed by atoms with E-state index in [-0.39, 0.29) is 11.1 Å². The van der Waals surface area contributed by atoms with Gasteiger partial charge in [0.25, 0.3) is 10.0 Å². The molecule has 2 rings (SSSR count). The van der Waals surface area contributed by atoms with E-state index in [9.17, 15) is 13.2 Å². The quantitative estimate of drug-likeness (QED) is 0.567. The van der Waals surface area contributed by atoms with Crippen molar-refractivity contribution in [2.24, 2.45) is 12.0 Å². The van der Waals surface area contributed by atoms with Gasteiger partial charge in [-0.05, 0) is 18.9 Å². The zero-order valence-corrected chi connectivity index (χ0v) is 10.8. The minimum Gasteiger partial charge on any atom is -0.256 e. The van der Waals surface area contributed by atoms with Gasteiger partial charge in [0.15, 0.2) is 5.03 Å². The van der Waals surface area contributed by atoms with E-state index in [1.165, 1.54) is 27.3 Å². The molecule has 0 unspecified atom stereocenters. The molecular weight excluding hydrogens is 256 g/mol. The van der Waals surface area contributed by atoms with Crippen molar-refractivity contribution in [2.45, 2.75) is 23.9 Å². The third-order valence-corrected chi connectivity index (χ3v) is 5.01. The number of isocyanates is 1. The molecule has 1 aromatic heterocycles. The Balaban J connectivity index is 2.14. The lowest BCUT2D eigenvalue weighted by atomic mass is 10.1. The maximum Gasteiger partial charge on any atom is 0.260 e. The molecule has 8 heteroatoms. The molecule has 18 heavy (non-hydrogen) atoms. The van der Waals surface area contributed by atoms with Gasteiger partial charge in [-0.15, -0.1) is 0 Å². The number of rotatable bonds is 3. The molecule has 0 aliphatic carbocycles. The highest BCUT2D eigenvalue weighted by Crippen LogP contribution is 2.21. The number of aromatic nitrogens is 2. The number of piperidine rings is 1. The van der Waals surface area contributed by atoms with Crippen molar-refractivity contribution in [3.8, 4) is 0 Å². The summed E-state index contributed by atoms with van der Waals surface area (Å²) in [6, 6.07) is 1.37. The Bertz CT molecular complexity index is 566. The second-order valence-corrected chi connectivity index (χ2v) is 6.03. The fraction of sp³-hybridized carbons (Fsp3) is 0.600. The first-order valence-electron chi connectivity index (χ1n) is 5.61. The number of nitrogens with zero attached hydrogens (tertiary/aromatic N) is 4. The number of hydrogen-bond acceptors (Lipinski definition) is 5. The van der Waals surface area contributed by atoms with Crippen LogP contribution in [0.5, 0.6) is 0 Å². The fourth-order valence-electron chi connectivity index (χ4n) is 2.03. The third-order valence-electron chi connectivity index (χ3n) is 3.04. The molecule has 98 valence electrons. The summed E-state index contributed by atoms with van der Waals surface area (Å²) >= 11 is 0. The Hall–Kier alpha value is -1.50. The van der Waals surface area contributed by atoms with Crippen molar-refractivity contribution in [2.75, 3.05) is 13.1 Å². The van der Waals surface area contributed by atoms with Crippen LogP contribution in [-0.2, 0) is 21.9 Å². The molecule has 7 nitrogen and oxygen atoms in total. The Morgan fingerprint density at radius 3 is 2.61 bits per heavy atom. The first kappa shape index (κ1) is 12.9. The molecule has 0 N–H and O–H groups in total. The number of carbonyl (C=O) groups excluding carboxylic acids is 1. The molecule has 1 aliphatic heterocycles. The predicted molar refractivity (Wildman–Crippen MR) is 63.1 cm³/mol. The first-order valence-corrected chi connectivity index (χ1v) is 7.05. The van der Waals surface area contributed by atoms with Crippen LogP contribution < -0.4 is 0 Å². The van der Waals surface area contributed by atoms with E-state index in [4.69, 9.17) is 0 Å². The summed E-state index contributed by atoms with van der Waals surface area (Å²) in [6.07, 6.45) is 4.07. The average Bonchev–Trinajstić information content (AvgIpc) is 2.77. The van der Waals surface area contributed by atoms with E-state index in [2.05, 4.69) is 10.1 Å². The van der Waals surface area contributed by atoms with Gasteiger partial charge in [-0.1, -0.05) is 0 Å². The molecule has 1 aliphatic rings. The van der Waals surface area contributed by atoms with Gasteiger partial charge in [0, 0.05) is 20.1 Å². The van der Waals surface area contributed by atoms with Crippen LogP contribution in [0.25, 0.3) is 0 Å². The van der Waals surface area contributed by atoms with Crippen LogP contribution in [0.3, 0.4) is 0 Å². The summed E-state index contributed by atoms with van der Waals surface area (Å²) < 4.78 is 27.3. The van der Waals surface area contributed by atoms with Gasteiger partial charge in [0.1, 0.15) is 0 Å². The Labute approximate surface area is 105 Å². The molecule has 0 atom stereocenters. The zero-order valence-electron chi connectivity index (χ0n) is 9.98. The van der Waals surface area contributed by atoms with Gasteiger partial charge in [-0.2, -0.15) is 9.40 Å². The monoisotopic (exact) mass is 270 g/mol. The van der Waals surface area contributed by atoms with E-state index in [1.54, 1.807) is 7.05 Å². The van der Waals surface area contributed by atoms with Gasteiger partial charge in [0.2, 0.25) is 6.08 Å². The van der Waals surface area contributed by atoms with Crippen LogP contribution in [0.4, 0.5) is 0 Å². The van der Waals surface area contributed by atoms with Crippen molar-refractivity contribution >= 4 is 16.1 Å². The highest BCUT2D eigenvalue weighted by atomic mass is 32.2. The summed E-state index contributed by atoms with van der Waals surface area (Å²) in [6.45, 7) is 0.729. The van der Waals surface area contributed by atoms with E-state index < -0.39 is 10.0 Å². The zero-order chi connectivity index (χ0) is 13.2. The number of hydrogen-bond donors (Lipinski definition) is 0. The molecule has 0 bridgehead atoms. The van der Waals surface area contributed by atoms with Crippen molar-refractivity contribution in [3.63, 3.8) is 0 Å². The lowest BCUT2D eigenvalue weighted by Crippen LogP contribution is -2.40. The smallest absolute Gasteiger partial charge is 0.256 e. The topological polar surface area (TPSA) is 84.6 Å². The molecule has 2 heterocycles. The van der Waals surface area contributed by atoms with Crippen LogP contribution in [0, 0.1) is 0 Å². The highest BCUT2D eigenvalue weighted by molar-refractivity contribution is 7.89. The van der Waals surface area contributed by atoms with E-state index >= 15 is 0 Å². The molecule has 1 saturated heterocycles. The number of sulfonamides is 1. The Morgan fingerprint density at radius 2 is 2.11 bits per heavy atom. The van der Waals surface area contributed by atoms with E-state index in [0.29, 0.717) is 25.9 Å². The van der Waals surface area contributed by atoms with Crippen molar-refractivity contribution in [1.29, 1.82) is 0 Å². The van der Waals surface area contributed by atoms with E-state index in [1.807, 2.05) is 0 Å². The summed E-state index contributed by atoms with van der Waals surface area (Å²) in [5, 5.41) is 4.04. The Morgan fingerprint density at radius 1 is 1.44 bits per heavy atom. The number of aryl methyl sites for hydroxylation is 1. The molecule has 1 fully saturated rings. The molecule has 0 amide bonds. The largest absolute Gasteiger partial charge is 0.260 e. The van der Waals surface area contributed by atoms with Gasteiger partial charge in [-0.25, -0.2) is 18.2 Å². The molecule has 0 spiro atoms. The maximum atomic E-state index is 12.3. The molecule has 0 aromatic carbocycles. The average molecular weight is 270 g/mol. The summed E-state index contributed by atoms with van der Waals surface area (Å²) in [5.41, 5.74) is 0. The standard InChI is InChI=1S/C10H14N4O3S/c1-13-10(2-5-12-13)18(16,17)14-6-3-9(4-7-14)11-8-15/h2,5,9H,3-4,6-7H2,1H3. The fourth-order valence-corrected chi connectivity index (χ4v) is 3.60. The summed E-state index contributed by atoms with van der Waals surface area (Å²) in [5.74, 6) is 0. The van der Waals surface area contributed by atoms with Crippen LogP contribution in [0.15, 0.2) is 22.3 Å². The summed E-state index contributed by atoms with van der Waals surface area (Å²) in [7, 11) is -1.90. The second kappa shape index (κ2) is 5.01. The van der Waals surface area contributed by atoms with Crippen LogP contribution in [0.1, 0.15) is 12.8 Å².